The van der Waals surface area contributed by atoms with Gasteiger partial charge in [0.2, 0.25) is 0 Å². The van der Waals surface area contributed by atoms with Crippen molar-refractivity contribution in [3.63, 3.8) is 0 Å². The highest BCUT2D eigenvalue weighted by Crippen LogP contribution is 2.25. The zero-order chi connectivity index (χ0) is 11.0. The van der Waals surface area contributed by atoms with Crippen molar-refractivity contribution >= 4 is 11.0 Å². The minimum absolute atomic E-state index is 0.161. The van der Waals surface area contributed by atoms with Crippen LogP contribution in [-0.2, 0) is 6.54 Å². The molecule has 0 spiro atoms. The molecule has 0 aliphatic rings. The van der Waals surface area contributed by atoms with Crippen LogP contribution < -0.4 is 0 Å². The molecule has 0 unspecified atom stereocenters. The van der Waals surface area contributed by atoms with Gasteiger partial charge in [0.1, 0.15) is 17.2 Å². The minimum Gasteiger partial charge on any atom is -0.464 e. The first-order valence-electron chi connectivity index (χ1n) is 4.33. The summed E-state index contributed by atoms with van der Waals surface area (Å²) < 4.78 is 31.9. The molecular formula is C10H9F2NO2. The van der Waals surface area contributed by atoms with Crippen molar-refractivity contribution in [1.29, 1.82) is 0 Å². The number of hydrogen-bond acceptors (Lipinski definition) is 3. The van der Waals surface area contributed by atoms with Crippen molar-refractivity contribution in [3.05, 3.63) is 35.6 Å². The Kier molecular flexibility index (Phi) is 2.42. The van der Waals surface area contributed by atoms with Crippen LogP contribution in [0, 0.1) is 11.6 Å². The van der Waals surface area contributed by atoms with Crippen molar-refractivity contribution in [1.82, 2.24) is 5.06 Å². The Morgan fingerprint density at radius 2 is 2.20 bits per heavy atom. The molecule has 80 valence electrons. The Labute approximate surface area is 84.5 Å². The van der Waals surface area contributed by atoms with Crippen LogP contribution in [0.2, 0.25) is 0 Å². The second-order valence-electron chi connectivity index (χ2n) is 3.30. The molecule has 1 heterocycles. The number of rotatable bonds is 2. The average Bonchev–Trinajstić information content (AvgIpc) is 2.59. The summed E-state index contributed by atoms with van der Waals surface area (Å²) in [4.78, 5) is 0. The third-order valence-corrected chi connectivity index (χ3v) is 2.13. The van der Waals surface area contributed by atoms with E-state index >= 15 is 0 Å². The van der Waals surface area contributed by atoms with Crippen LogP contribution in [0.5, 0.6) is 0 Å². The topological polar surface area (TPSA) is 36.6 Å². The van der Waals surface area contributed by atoms with Gasteiger partial charge in [-0.2, -0.15) is 5.06 Å². The predicted molar refractivity (Wildman–Crippen MR) is 49.4 cm³/mol. The summed E-state index contributed by atoms with van der Waals surface area (Å²) in [6, 6.07) is 2.53. The lowest BCUT2D eigenvalue weighted by Crippen LogP contribution is -2.14. The maximum atomic E-state index is 13.7. The van der Waals surface area contributed by atoms with Gasteiger partial charge in [0.15, 0.2) is 0 Å². The lowest BCUT2D eigenvalue weighted by molar-refractivity contribution is -0.0745. The number of furan rings is 1. The van der Waals surface area contributed by atoms with Gasteiger partial charge in [-0.3, -0.25) is 0 Å². The molecule has 0 fully saturated rings. The first-order chi connectivity index (χ1) is 7.09. The lowest BCUT2D eigenvalue weighted by atomic mass is 10.1. The van der Waals surface area contributed by atoms with Crippen molar-refractivity contribution in [3.8, 4) is 0 Å². The molecule has 0 aliphatic heterocycles. The van der Waals surface area contributed by atoms with Gasteiger partial charge in [-0.1, -0.05) is 0 Å². The predicted octanol–water partition coefficient (Wildman–Crippen LogP) is 2.53. The highest BCUT2D eigenvalue weighted by molar-refractivity contribution is 5.78. The van der Waals surface area contributed by atoms with Crippen LogP contribution in [0.1, 0.15) is 5.56 Å². The van der Waals surface area contributed by atoms with Crippen molar-refractivity contribution in [2.75, 3.05) is 7.05 Å². The summed E-state index contributed by atoms with van der Waals surface area (Å²) in [6.07, 6.45) is 1.29. The zero-order valence-corrected chi connectivity index (χ0v) is 8.00. The lowest BCUT2D eigenvalue weighted by Gasteiger charge is -2.10. The highest BCUT2D eigenvalue weighted by Gasteiger charge is 2.16. The van der Waals surface area contributed by atoms with E-state index in [1.165, 1.54) is 19.4 Å². The van der Waals surface area contributed by atoms with Crippen molar-refractivity contribution < 1.29 is 18.4 Å². The Bertz CT molecular complexity index is 493. The number of hydrogen-bond donors (Lipinski definition) is 1. The van der Waals surface area contributed by atoms with Gasteiger partial charge < -0.3 is 9.62 Å². The van der Waals surface area contributed by atoms with Gasteiger partial charge in [-0.05, 0) is 6.07 Å². The van der Waals surface area contributed by atoms with Crippen LogP contribution in [-0.4, -0.2) is 17.3 Å². The molecule has 1 aromatic heterocycles. The fourth-order valence-corrected chi connectivity index (χ4v) is 1.46. The third kappa shape index (κ3) is 1.71. The molecule has 0 amide bonds. The van der Waals surface area contributed by atoms with Crippen LogP contribution in [0.4, 0.5) is 8.78 Å². The first kappa shape index (κ1) is 10.1. The summed E-state index contributed by atoms with van der Waals surface area (Å²) in [7, 11) is 1.32. The van der Waals surface area contributed by atoms with Crippen LogP contribution in [0.25, 0.3) is 11.0 Å². The number of halogens is 2. The molecule has 15 heavy (non-hydrogen) atoms. The Balaban J connectivity index is 2.61. The summed E-state index contributed by atoms with van der Waals surface area (Å²) in [5.74, 6) is -1.42. The molecule has 1 N–H and O–H groups in total. The summed E-state index contributed by atoms with van der Waals surface area (Å²) in [5, 5.41) is 9.89. The summed E-state index contributed by atoms with van der Waals surface area (Å²) in [5.41, 5.74) is -0.0109. The van der Waals surface area contributed by atoms with E-state index in [1.54, 1.807) is 0 Å². The Morgan fingerprint density at radius 1 is 1.47 bits per heavy atom. The van der Waals surface area contributed by atoms with Gasteiger partial charge >= 0.3 is 0 Å². The van der Waals surface area contributed by atoms with Crippen LogP contribution in [0.15, 0.2) is 22.8 Å². The first-order valence-corrected chi connectivity index (χ1v) is 4.33. The molecule has 5 heteroatoms. The van der Waals surface area contributed by atoms with Crippen molar-refractivity contribution in [2.45, 2.75) is 6.54 Å². The summed E-state index contributed by atoms with van der Waals surface area (Å²) in [6.45, 7) is -0.210. The molecule has 2 aromatic rings. The van der Waals surface area contributed by atoms with Gasteiger partial charge in [-0.15, -0.1) is 0 Å². The normalized spacial score (nSPS) is 11.5. The second kappa shape index (κ2) is 3.60. The Hall–Kier alpha value is -1.46. The Morgan fingerprint density at radius 3 is 2.87 bits per heavy atom. The monoisotopic (exact) mass is 213 g/mol. The number of hydroxylamine groups is 2. The highest BCUT2D eigenvalue weighted by atomic mass is 19.1. The van der Waals surface area contributed by atoms with E-state index in [2.05, 4.69) is 0 Å². The van der Waals surface area contributed by atoms with Crippen molar-refractivity contribution in [2.24, 2.45) is 0 Å². The van der Waals surface area contributed by atoms with Crippen LogP contribution >= 0.6 is 0 Å². The molecule has 0 saturated carbocycles. The van der Waals surface area contributed by atoms with Gasteiger partial charge in [0.05, 0.1) is 18.2 Å². The number of benzene rings is 1. The molecule has 2 rings (SSSR count). The van der Waals surface area contributed by atoms with E-state index in [4.69, 9.17) is 9.62 Å². The second-order valence-corrected chi connectivity index (χ2v) is 3.30. The standard InChI is InChI=1S/C10H9F2NO2/c1-13(14)5-7-8(11)4-9-6(10(7)12)2-3-15-9/h2-4,14H,5H2,1H3. The molecule has 0 saturated heterocycles. The van der Waals surface area contributed by atoms with E-state index in [0.29, 0.717) is 5.06 Å². The number of nitrogens with zero attached hydrogens (tertiary/aromatic N) is 1. The van der Waals surface area contributed by atoms with E-state index in [9.17, 15) is 8.78 Å². The molecule has 1 aromatic carbocycles. The molecule has 0 aliphatic carbocycles. The zero-order valence-electron chi connectivity index (χ0n) is 8.00. The molecular weight excluding hydrogens is 204 g/mol. The average molecular weight is 213 g/mol. The van der Waals surface area contributed by atoms with E-state index in [-0.39, 0.29) is 23.1 Å². The number of fused-ring (bicyclic) bond motifs is 1. The van der Waals surface area contributed by atoms with Gasteiger partial charge in [0.25, 0.3) is 0 Å². The van der Waals surface area contributed by atoms with E-state index in [0.717, 1.165) is 6.07 Å². The fraction of sp³-hybridized carbons (Fsp3) is 0.200. The largest absolute Gasteiger partial charge is 0.464 e. The maximum absolute atomic E-state index is 13.7. The van der Waals surface area contributed by atoms with Gasteiger partial charge in [-0.25, -0.2) is 8.78 Å². The van der Waals surface area contributed by atoms with E-state index < -0.39 is 11.6 Å². The fourth-order valence-electron chi connectivity index (χ4n) is 1.46. The summed E-state index contributed by atoms with van der Waals surface area (Å²) >= 11 is 0. The molecule has 0 radical (unpaired) electrons. The maximum Gasteiger partial charge on any atom is 0.141 e. The smallest absolute Gasteiger partial charge is 0.141 e. The van der Waals surface area contributed by atoms with E-state index in [1.807, 2.05) is 0 Å². The molecule has 3 nitrogen and oxygen atoms in total. The third-order valence-electron chi connectivity index (χ3n) is 2.13. The molecule has 0 atom stereocenters. The SMILES string of the molecule is CN(O)Cc1c(F)cc2occc2c1F. The van der Waals surface area contributed by atoms with Gasteiger partial charge in [0, 0.05) is 18.7 Å². The minimum atomic E-state index is -0.726. The molecule has 0 bridgehead atoms. The van der Waals surface area contributed by atoms with Crippen LogP contribution in [0.3, 0.4) is 0 Å². The quantitative estimate of drug-likeness (QED) is 0.779.